The average molecular weight is 319 g/mol. The van der Waals surface area contributed by atoms with Gasteiger partial charge in [-0.1, -0.05) is 66.7 Å². The van der Waals surface area contributed by atoms with Gasteiger partial charge in [-0.05, 0) is 29.8 Å². The van der Waals surface area contributed by atoms with E-state index < -0.39 is 0 Å². The van der Waals surface area contributed by atoms with Gasteiger partial charge in [-0.2, -0.15) is 0 Å². The first kappa shape index (κ1) is 15.4. The highest BCUT2D eigenvalue weighted by molar-refractivity contribution is 8.00. The van der Waals surface area contributed by atoms with Crippen LogP contribution in [0.5, 0.6) is 0 Å². The van der Waals surface area contributed by atoms with E-state index in [2.05, 4.69) is 5.32 Å². The van der Waals surface area contributed by atoms with E-state index in [4.69, 9.17) is 0 Å². The minimum atomic E-state index is -0.293. The van der Waals surface area contributed by atoms with Crippen molar-refractivity contribution in [2.24, 2.45) is 0 Å². The SMILES string of the molecule is O=C(Nc1ccccc1)C(Sc1ccccc1)c1ccccc1. The molecule has 0 aliphatic carbocycles. The predicted octanol–water partition coefficient (Wildman–Crippen LogP) is 5.16. The fraction of sp³-hybridized carbons (Fsp3) is 0.0500. The third-order valence-corrected chi connectivity index (χ3v) is 4.65. The van der Waals surface area contributed by atoms with Gasteiger partial charge < -0.3 is 5.32 Å². The lowest BCUT2D eigenvalue weighted by atomic mass is 10.1. The predicted molar refractivity (Wildman–Crippen MR) is 96.6 cm³/mol. The lowest BCUT2D eigenvalue weighted by Gasteiger charge is -2.17. The molecule has 1 N–H and O–H groups in total. The average Bonchev–Trinajstić information content (AvgIpc) is 2.62. The molecule has 1 unspecified atom stereocenters. The van der Waals surface area contributed by atoms with Gasteiger partial charge in [0.2, 0.25) is 5.91 Å². The summed E-state index contributed by atoms with van der Waals surface area (Å²) in [7, 11) is 0. The number of carbonyl (C=O) groups excluding carboxylic acids is 1. The Kier molecular flexibility index (Phi) is 5.12. The maximum absolute atomic E-state index is 12.8. The fourth-order valence-electron chi connectivity index (χ4n) is 2.27. The molecule has 3 aromatic rings. The Labute approximate surface area is 140 Å². The van der Waals surface area contributed by atoms with Crippen molar-refractivity contribution in [1.29, 1.82) is 0 Å². The normalized spacial score (nSPS) is 11.7. The number of rotatable bonds is 5. The Morgan fingerprint density at radius 3 is 1.87 bits per heavy atom. The molecule has 2 nitrogen and oxygen atoms in total. The summed E-state index contributed by atoms with van der Waals surface area (Å²) in [5, 5.41) is 2.71. The molecule has 0 heterocycles. The van der Waals surface area contributed by atoms with Crippen LogP contribution < -0.4 is 5.32 Å². The number of nitrogens with one attached hydrogen (secondary N) is 1. The Bertz CT molecular complexity index is 744. The van der Waals surface area contributed by atoms with Gasteiger partial charge in [-0.15, -0.1) is 11.8 Å². The molecule has 114 valence electrons. The lowest BCUT2D eigenvalue weighted by Crippen LogP contribution is -2.18. The van der Waals surface area contributed by atoms with Crippen LogP contribution >= 0.6 is 11.8 Å². The molecule has 1 atom stereocenters. The zero-order valence-electron chi connectivity index (χ0n) is 12.6. The fourth-order valence-corrected chi connectivity index (χ4v) is 3.31. The first-order valence-electron chi connectivity index (χ1n) is 7.45. The van der Waals surface area contributed by atoms with Crippen LogP contribution in [-0.4, -0.2) is 5.91 Å². The number of para-hydroxylation sites is 1. The minimum Gasteiger partial charge on any atom is -0.325 e. The molecule has 23 heavy (non-hydrogen) atoms. The molecular weight excluding hydrogens is 302 g/mol. The summed E-state index contributed by atoms with van der Waals surface area (Å²) in [6.07, 6.45) is 0. The second kappa shape index (κ2) is 7.65. The molecule has 0 saturated carbocycles. The summed E-state index contributed by atoms with van der Waals surface area (Å²) in [5.41, 5.74) is 1.81. The van der Waals surface area contributed by atoms with E-state index in [1.54, 1.807) is 11.8 Å². The van der Waals surface area contributed by atoms with E-state index >= 15 is 0 Å². The molecule has 0 fully saturated rings. The standard InChI is InChI=1S/C20H17NOS/c22-20(21-17-12-6-2-7-13-17)19(16-10-4-1-5-11-16)23-18-14-8-3-9-15-18/h1-15,19H,(H,21,22). The van der Waals surface area contributed by atoms with Crippen molar-refractivity contribution < 1.29 is 4.79 Å². The van der Waals surface area contributed by atoms with E-state index in [-0.39, 0.29) is 11.2 Å². The summed E-state index contributed by atoms with van der Waals surface area (Å²) < 4.78 is 0. The third kappa shape index (κ3) is 4.24. The van der Waals surface area contributed by atoms with Crippen molar-refractivity contribution >= 4 is 23.4 Å². The molecule has 0 radical (unpaired) electrons. The van der Waals surface area contributed by atoms with Gasteiger partial charge in [0, 0.05) is 10.6 Å². The van der Waals surface area contributed by atoms with Crippen LogP contribution in [0.15, 0.2) is 95.9 Å². The summed E-state index contributed by atoms with van der Waals surface area (Å²) in [6, 6.07) is 29.4. The van der Waals surface area contributed by atoms with Gasteiger partial charge in [0.1, 0.15) is 5.25 Å². The first-order valence-corrected chi connectivity index (χ1v) is 8.33. The molecule has 0 spiro atoms. The van der Waals surface area contributed by atoms with E-state index in [0.29, 0.717) is 0 Å². The number of benzene rings is 3. The monoisotopic (exact) mass is 319 g/mol. The van der Waals surface area contributed by atoms with Crippen molar-refractivity contribution in [2.75, 3.05) is 5.32 Å². The van der Waals surface area contributed by atoms with Gasteiger partial charge in [0.05, 0.1) is 0 Å². The van der Waals surface area contributed by atoms with Gasteiger partial charge >= 0.3 is 0 Å². The maximum atomic E-state index is 12.8. The molecule has 0 aromatic heterocycles. The highest BCUT2D eigenvalue weighted by Gasteiger charge is 2.21. The Morgan fingerprint density at radius 1 is 0.739 bits per heavy atom. The molecule has 0 aliphatic rings. The summed E-state index contributed by atoms with van der Waals surface area (Å²) >= 11 is 1.56. The molecule has 0 bridgehead atoms. The summed E-state index contributed by atoms with van der Waals surface area (Å²) in [5.74, 6) is -0.0174. The van der Waals surface area contributed by atoms with Crippen LogP contribution in [0.25, 0.3) is 0 Å². The van der Waals surface area contributed by atoms with E-state index in [0.717, 1.165) is 16.1 Å². The summed E-state index contributed by atoms with van der Waals surface area (Å²) in [6.45, 7) is 0. The molecule has 3 heteroatoms. The third-order valence-electron chi connectivity index (χ3n) is 3.38. The highest BCUT2D eigenvalue weighted by Crippen LogP contribution is 2.36. The molecule has 3 rings (SSSR count). The number of carbonyl (C=O) groups is 1. The highest BCUT2D eigenvalue weighted by atomic mass is 32.2. The number of anilines is 1. The second-order valence-corrected chi connectivity index (χ2v) is 6.26. The zero-order valence-corrected chi connectivity index (χ0v) is 13.4. The molecular formula is C20H17NOS. The largest absolute Gasteiger partial charge is 0.325 e. The zero-order chi connectivity index (χ0) is 15.9. The molecule has 1 amide bonds. The number of thioether (sulfide) groups is 1. The van der Waals surface area contributed by atoms with E-state index in [1.807, 2.05) is 91.0 Å². The smallest absolute Gasteiger partial charge is 0.242 e. The summed E-state index contributed by atoms with van der Waals surface area (Å²) in [4.78, 5) is 13.9. The van der Waals surface area contributed by atoms with Gasteiger partial charge in [0.15, 0.2) is 0 Å². The lowest BCUT2D eigenvalue weighted by molar-refractivity contribution is -0.115. The number of amides is 1. The molecule has 0 aliphatic heterocycles. The van der Waals surface area contributed by atoms with Crippen LogP contribution in [0.3, 0.4) is 0 Å². The van der Waals surface area contributed by atoms with Crippen LogP contribution in [-0.2, 0) is 4.79 Å². The quantitative estimate of drug-likeness (QED) is 0.658. The van der Waals surface area contributed by atoms with Gasteiger partial charge in [-0.3, -0.25) is 4.79 Å². The number of hydrogen-bond acceptors (Lipinski definition) is 2. The van der Waals surface area contributed by atoms with Crippen LogP contribution in [0.2, 0.25) is 0 Å². The first-order chi connectivity index (χ1) is 11.3. The Balaban J connectivity index is 1.84. The second-order valence-electron chi connectivity index (χ2n) is 5.08. The van der Waals surface area contributed by atoms with E-state index in [9.17, 15) is 4.79 Å². The maximum Gasteiger partial charge on any atom is 0.242 e. The van der Waals surface area contributed by atoms with Crippen molar-refractivity contribution in [1.82, 2.24) is 0 Å². The van der Waals surface area contributed by atoms with Crippen LogP contribution in [0.4, 0.5) is 5.69 Å². The van der Waals surface area contributed by atoms with E-state index in [1.165, 1.54) is 0 Å². The Morgan fingerprint density at radius 2 is 1.26 bits per heavy atom. The topological polar surface area (TPSA) is 29.1 Å². The van der Waals surface area contributed by atoms with Crippen LogP contribution in [0, 0.1) is 0 Å². The Hall–Kier alpha value is -2.52. The molecule has 0 saturated heterocycles. The van der Waals surface area contributed by atoms with Crippen LogP contribution in [0.1, 0.15) is 10.8 Å². The van der Waals surface area contributed by atoms with Crippen molar-refractivity contribution in [3.05, 3.63) is 96.6 Å². The van der Waals surface area contributed by atoms with Gasteiger partial charge in [0.25, 0.3) is 0 Å². The van der Waals surface area contributed by atoms with Crippen molar-refractivity contribution in [2.45, 2.75) is 10.1 Å². The number of hydrogen-bond donors (Lipinski definition) is 1. The van der Waals surface area contributed by atoms with Crippen molar-refractivity contribution in [3.8, 4) is 0 Å². The minimum absolute atomic E-state index is 0.0174. The molecule has 3 aromatic carbocycles. The van der Waals surface area contributed by atoms with Crippen molar-refractivity contribution in [3.63, 3.8) is 0 Å². The van der Waals surface area contributed by atoms with Gasteiger partial charge in [-0.25, -0.2) is 0 Å².